The number of hydrogen-bond acceptors (Lipinski definition) is 2. The van der Waals surface area contributed by atoms with Gasteiger partial charge in [0.15, 0.2) is 5.78 Å². The highest BCUT2D eigenvalue weighted by atomic mass is 35.5. The van der Waals surface area contributed by atoms with E-state index < -0.39 is 5.82 Å². The lowest BCUT2D eigenvalue weighted by atomic mass is 10.1. The van der Waals surface area contributed by atoms with E-state index in [1.807, 2.05) is 0 Å². The first-order chi connectivity index (χ1) is 6.54. The molecule has 0 saturated carbocycles. The van der Waals surface area contributed by atoms with Crippen molar-refractivity contribution in [3.05, 3.63) is 34.1 Å². The predicted octanol–water partition coefficient (Wildman–Crippen LogP) is 3.13. The van der Waals surface area contributed by atoms with E-state index >= 15 is 0 Å². The van der Waals surface area contributed by atoms with Gasteiger partial charge >= 0.3 is 0 Å². The molecule has 0 heterocycles. The van der Waals surface area contributed by atoms with E-state index in [1.165, 1.54) is 13.0 Å². The number of Topliss-reactive ketones (excluding diaryl/α,β-unsaturated/α-hetero) is 1. The monoisotopic (exact) mass is 213 g/mol. The molecule has 0 spiro atoms. The molecule has 0 fully saturated rings. The van der Waals surface area contributed by atoms with Crippen molar-refractivity contribution in [1.82, 2.24) is 0 Å². The van der Waals surface area contributed by atoms with Crippen molar-refractivity contribution in [1.29, 1.82) is 5.26 Å². The fourth-order valence-corrected chi connectivity index (χ4v) is 1.27. The molecule has 14 heavy (non-hydrogen) atoms. The van der Waals surface area contributed by atoms with E-state index in [9.17, 15) is 9.18 Å². The fourth-order valence-electron chi connectivity index (χ4n) is 0.979. The van der Waals surface area contributed by atoms with Crippen molar-refractivity contribution in [3.63, 3.8) is 0 Å². The van der Waals surface area contributed by atoms with Crippen molar-refractivity contribution in [2.24, 2.45) is 0 Å². The lowest BCUT2D eigenvalue weighted by molar-refractivity contribution is 0.101. The summed E-state index contributed by atoms with van der Waals surface area (Å²) in [4.78, 5) is 10.9. The van der Waals surface area contributed by atoms with Gasteiger partial charge < -0.3 is 0 Å². The van der Waals surface area contributed by atoms with Crippen LogP contribution in [0.3, 0.4) is 0 Å². The van der Waals surface area contributed by atoms with Crippen LogP contribution in [0.2, 0.25) is 5.02 Å². The molecule has 0 aliphatic heterocycles. The van der Waals surface area contributed by atoms with Crippen molar-refractivity contribution in [2.75, 3.05) is 0 Å². The lowest BCUT2D eigenvalue weighted by Gasteiger charge is -2.03. The van der Waals surface area contributed by atoms with Crippen LogP contribution < -0.4 is 0 Å². The van der Waals surface area contributed by atoms with Gasteiger partial charge in [0.25, 0.3) is 0 Å². The van der Waals surface area contributed by atoms with Crippen LogP contribution in [0.15, 0.2) is 12.1 Å². The molecule has 0 atom stereocenters. The normalized spacial score (nSPS) is 8.71. The number of nitrogens with zero attached hydrogens (tertiary/aromatic N) is 1. The van der Waals surface area contributed by atoms with Crippen molar-refractivity contribution < 1.29 is 9.18 Å². The van der Waals surface area contributed by atoms with Gasteiger partial charge in [-0.15, -0.1) is 0 Å². The Morgan fingerprint density at radius 1 is 1.50 bits per heavy atom. The number of halogens is 2. The van der Waals surface area contributed by atoms with E-state index in [2.05, 4.69) is 6.57 Å². The van der Waals surface area contributed by atoms with Gasteiger partial charge in [-0.1, -0.05) is 17.7 Å². The Kier molecular flexibility index (Phi) is 4.82. The van der Waals surface area contributed by atoms with Crippen molar-refractivity contribution in [3.8, 4) is 6.57 Å². The Bertz CT molecular complexity index is 374. The molecule has 2 nitrogen and oxygen atoms in total. The summed E-state index contributed by atoms with van der Waals surface area (Å²) < 4.78 is 13.0. The van der Waals surface area contributed by atoms with Gasteiger partial charge in [0.1, 0.15) is 5.82 Å². The third kappa shape index (κ3) is 2.54. The number of ketones is 1. The van der Waals surface area contributed by atoms with E-state index in [1.54, 1.807) is 13.0 Å². The molecule has 74 valence electrons. The maximum atomic E-state index is 13.0. The summed E-state index contributed by atoms with van der Waals surface area (Å²) in [7, 11) is 0. The van der Waals surface area contributed by atoms with Gasteiger partial charge in [0.2, 0.25) is 0 Å². The second-order valence-corrected chi connectivity index (χ2v) is 2.99. The highest BCUT2D eigenvalue weighted by molar-refractivity contribution is 6.34. The number of carbonyl (C=O) groups is 1. The van der Waals surface area contributed by atoms with Crippen LogP contribution in [-0.2, 0) is 0 Å². The number of aryl methyl sites for hydroxylation is 1. The van der Waals surface area contributed by atoms with Gasteiger partial charge in [0, 0.05) is 6.57 Å². The minimum atomic E-state index is -0.557. The van der Waals surface area contributed by atoms with Crippen LogP contribution in [0.1, 0.15) is 22.8 Å². The van der Waals surface area contributed by atoms with Crippen LogP contribution in [0, 0.1) is 24.6 Å². The zero-order valence-corrected chi connectivity index (χ0v) is 8.60. The number of rotatable bonds is 1. The molecule has 0 amide bonds. The minimum Gasteiger partial charge on any atom is -0.294 e. The molecule has 1 aromatic carbocycles. The summed E-state index contributed by atoms with van der Waals surface area (Å²) in [6.45, 7) is 6.53. The van der Waals surface area contributed by atoms with Gasteiger partial charge in [-0.25, -0.2) is 9.65 Å². The van der Waals surface area contributed by atoms with Crippen molar-refractivity contribution >= 4 is 17.4 Å². The van der Waals surface area contributed by atoms with E-state index in [0.717, 1.165) is 0 Å². The number of benzene rings is 1. The zero-order valence-electron chi connectivity index (χ0n) is 7.84. The maximum absolute atomic E-state index is 13.0. The van der Waals surface area contributed by atoms with E-state index in [-0.39, 0.29) is 16.4 Å². The number of hydrogen-bond donors (Lipinski definition) is 0. The third-order valence-electron chi connectivity index (χ3n) is 1.64. The molecule has 1 aromatic rings. The smallest absolute Gasteiger partial charge is 0.164 e. The molecule has 0 bridgehead atoms. The molecular weight excluding hydrogens is 205 g/mol. The molecule has 0 aromatic heterocycles. The Balaban J connectivity index is 0.000000791. The Hall–Kier alpha value is -1.40. The average molecular weight is 214 g/mol. The van der Waals surface area contributed by atoms with E-state index in [4.69, 9.17) is 16.9 Å². The minimum absolute atomic E-state index is 0.0170. The summed E-state index contributed by atoms with van der Waals surface area (Å²) in [5.41, 5.74) is 0.694. The molecule has 0 unspecified atom stereocenters. The fraction of sp³-hybridized carbons (Fsp3) is 0.200. The molecule has 1 rings (SSSR count). The van der Waals surface area contributed by atoms with Gasteiger partial charge in [-0.2, -0.15) is 0 Å². The zero-order chi connectivity index (χ0) is 11.3. The second kappa shape index (κ2) is 5.36. The Morgan fingerprint density at radius 2 is 2.00 bits per heavy atom. The van der Waals surface area contributed by atoms with Crippen LogP contribution >= 0.6 is 11.6 Å². The Labute approximate surface area is 86.9 Å². The Morgan fingerprint density at radius 3 is 2.36 bits per heavy atom. The summed E-state index contributed by atoms with van der Waals surface area (Å²) in [5, 5.41) is 6.71. The summed E-state index contributed by atoms with van der Waals surface area (Å²) in [5.74, 6) is -0.903. The maximum Gasteiger partial charge on any atom is 0.164 e. The second-order valence-electron chi connectivity index (χ2n) is 2.61. The summed E-state index contributed by atoms with van der Waals surface area (Å²) >= 11 is 5.73. The van der Waals surface area contributed by atoms with Crippen LogP contribution in [0.25, 0.3) is 0 Å². The lowest BCUT2D eigenvalue weighted by Crippen LogP contribution is -1.99. The van der Waals surface area contributed by atoms with Crippen LogP contribution in [0.5, 0.6) is 0 Å². The summed E-state index contributed by atoms with van der Waals surface area (Å²) in [6.07, 6.45) is 0. The molecule has 0 saturated heterocycles. The van der Waals surface area contributed by atoms with Gasteiger partial charge in [0.05, 0.1) is 10.6 Å². The molecule has 0 aliphatic rings. The van der Waals surface area contributed by atoms with E-state index in [0.29, 0.717) is 5.56 Å². The quantitative estimate of drug-likeness (QED) is 0.673. The molecule has 4 heteroatoms. The topological polar surface area (TPSA) is 40.9 Å². The SMILES string of the molecule is C#N.CC(=O)c1c(F)ccc(C)c1Cl. The first-order valence-electron chi connectivity index (χ1n) is 3.75. The molecule has 0 aliphatic carbocycles. The molecule has 0 N–H and O–H groups in total. The van der Waals surface area contributed by atoms with Crippen LogP contribution in [-0.4, -0.2) is 5.78 Å². The highest BCUT2D eigenvalue weighted by Crippen LogP contribution is 2.23. The predicted molar refractivity (Wildman–Crippen MR) is 52.8 cm³/mol. The molecular formula is C10H9ClFNO. The number of nitriles is 1. The molecule has 0 radical (unpaired) electrons. The first-order valence-corrected chi connectivity index (χ1v) is 4.13. The average Bonchev–Trinajstić information content (AvgIpc) is 2.15. The summed E-state index contributed by atoms with van der Waals surface area (Å²) in [6, 6.07) is 2.79. The largest absolute Gasteiger partial charge is 0.294 e. The highest BCUT2D eigenvalue weighted by Gasteiger charge is 2.13. The third-order valence-corrected chi connectivity index (χ3v) is 2.12. The van der Waals surface area contributed by atoms with Gasteiger partial charge in [-0.05, 0) is 25.5 Å². The standard InChI is InChI=1S/C9H8ClFO.CHN/c1-5-3-4-7(11)8(6(2)12)9(5)10;1-2/h3-4H,1-2H3;1H. The first kappa shape index (κ1) is 12.6. The van der Waals surface area contributed by atoms with Gasteiger partial charge in [-0.3, -0.25) is 4.79 Å². The number of carbonyl (C=O) groups excluding carboxylic acids is 1. The van der Waals surface area contributed by atoms with Crippen LogP contribution in [0.4, 0.5) is 4.39 Å². The van der Waals surface area contributed by atoms with Crippen molar-refractivity contribution in [2.45, 2.75) is 13.8 Å².